The van der Waals surface area contributed by atoms with Crippen LogP contribution in [0, 0.1) is 11.3 Å². The third-order valence-corrected chi connectivity index (χ3v) is 3.93. The summed E-state index contributed by atoms with van der Waals surface area (Å²) in [6, 6.07) is 0. The average Bonchev–Trinajstić information content (AvgIpc) is 2.70. The minimum absolute atomic E-state index is 0.102. The van der Waals surface area contributed by atoms with Crippen molar-refractivity contribution in [1.82, 2.24) is 5.32 Å². The number of carbonyl (C=O) groups excluding carboxylic acids is 1. The van der Waals surface area contributed by atoms with Gasteiger partial charge in [0.15, 0.2) is 0 Å². The van der Waals surface area contributed by atoms with Crippen LogP contribution < -0.4 is 5.32 Å². The molecule has 0 unspecified atom stereocenters. The lowest BCUT2D eigenvalue weighted by Gasteiger charge is -2.31. The highest BCUT2D eigenvalue weighted by molar-refractivity contribution is 5.70. The van der Waals surface area contributed by atoms with Crippen molar-refractivity contribution in [3.05, 3.63) is 0 Å². The highest BCUT2D eigenvalue weighted by atomic mass is 16.6. The molecule has 0 aromatic carbocycles. The van der Waals surface area contributed by atoms with E-state index in [1.54, 1.807) is 0 Å². The summed E-state index contributed by atoms with van der Waals surface area (Å²) in [4.78, 5) is 11.7. The predicted octanol–water partition coefficient (Wildman–Crippen LogP) is 3.91. The molecule has 0 aromatic rings. The van der Waals surface area contributed by atoms with Crippen molar-refractivity contribution in [2.45, 2.75) is 78.7 Å². The number of hydrogen-bond acceptors (Lipinski definition) is 3. The van der Waals surface area contributed by atoms with Crippen molar-refractivity contribution in [3.8, 4) is 0 Å². The van der Waals surface area contributed by atoms with E-state index < -0.39 is 0 Å². The van der Waals surface area contributed by atoms with Crippen molar-refractivity contribution in [2.24, 2.45) is 11.3 Å². The molecule has 0 amide bonds. The van der Waals surface area contributed by atoms with E-state index in [0.29, 0.717) is 11.8 Å². The van der Waals surface area contributed by atoms with Crippen molar-refractivity contribution >= 4 is 5.97 Å². The van der Waals surface area contributed by atoms with Gasteiger partial charge in [-0.1, -0.05) is 26.7 Å². The Balaban J connectivity index is 2.26. The lowest BCUT2D eigenvalue weighted by atomic mass is 9.78. The Bertz CT molecular complexity index is 299. The molecule has 1 aliphatic carbocycles. The van der Waals surface area contributed by atoms with Crippen LogP contribution in [-0.2, 0) is 9.53 Å². The number of carbonyl (C=O) groups is 1. The fourth-order valence-corrected chi connectivity index (χ4v) is 3.38. The van der Waals surface area contributed by atoms with Gasteiger partial charge in [-0.2, -0.15) is 0 Å². The summed E-state index contributed by atoms with van der Waals surface area (Å²) in [6.45, 7) is 12.1. The van der Waals surface area contributed by atoms with Crippen LogP contribution >= 0.6 is 0 Å². The summed E-state index contributed by atoms with van der Waals surface area (Å²) in [5, 5.41) is 3.49. The second-order valence-corrected chi connectivity index (χ2v) is 7.82. The molecule has 0 bridgehead atoms. The highest BCUT2D eigenvalue weighted by Crippen LogP contribution is 2.42. The zero-order valence-electron chi connectivity index (χ0n) is 14.1. The summed E-state index contributed by atoms with van der Waals surface area (Å²) in [6.07, 6.45) is 7.16. The molecule has 0 atom stereocenters. The molecular formula is C17H33NO2. The second kappa shape index (κ2) is 7.44. The Morgan fingerprint density at radius 1 is 1.25 bits per heavy atom. The molecule has 3 heteroatoms. The van der Waals surface area contributed by atoms with Crippen molar-refractivity contribution in [1.29, 1.82) is 0 Å². The normalized spacial score (nSPS) is 18.5. The first-order valence-electron chi connectivity index (χ1n) is 8.15. The molecule has 1 rings (SSSR count). The molecule has 1 aliphatic rings. The maximum Gasteiger partial charge on any atom is 0.307 e. The monoisotopic (exact) mass is 283 g/mol. The molecule has 0 aromatic heterocycles. The Kier molecular flexibility index (Phi) is 6.50. The fourth-order valence-electron chi connectivity index (χ4n) is 3.38. The van der Waals surface area contributed by atoms with Crippen molar-refractivity contribution in [3.63, 3.8) is 0 Å². The Labute approximate surface area is 124 Å². The SMILES string of the molecule is CC(C)CC1(CNCCC(=O)OC(C)(C)C)CCCC1. The number of rotatable bonds is 7. The molecule has 1 saturated carbocycles. The summed E-state index contributed by atoms with van der Waals surface area (Å²) in [5.74, 6) is 0.648. The van der Waals surface area contributed by atoms with E-state index in [1.165, 1.54) is 32.1 Å². The molecule has 0 heterocycles. The second-order valence-electron chi connectivity index (χ2n) is 7.82. The first-order valence-corrected chi connectivity index (χ1v) is 8.15. The Morgan fingerprint density at radius 2 is 1.85 bits per heavy atom. The van der Waals surface area contributed by atoms with Crippen LogP contribution in [0.15, 0.2) is 0 Å². The zero-order valence-corrected chi connectivity index (χ0v) is 14.1. The minimum Gasteiger partial charge on any atom is -0.460 e. The van der Waals surface area contributed by atoms with E-state index in [2.05, 4.69) is 19.2 Å². The summed E-state index contributed by atoms with van der Waals surface area (Å²) in [5.41, 5.74) is 0.101. The summed E-state index contributed by atoms with van der Waals surface area (Å²) >= 11 is 0. The molecule has 20 heavy (non-hydrogen) atoms. The van der Waals surface area contributed by atoms with E-state index in [9.17, 15) is 4.79 Å². The van der Waals surface area contributed by atoms with E-state index in [-0.39, 0.29) is 11.6 Å². The third-order valence-electron chi connectivity index (χ3n) is 3.93. The smallest absolute Gasteiger partial charge is 0.307 e. The van der Waals surface area contributed by atoms with Gasteiger partial charge < -0.3 is 10.1 Å². The maximum atomic E-state index is 11.7. The lowest BCUT2D eigenvalue weighted by Crippen LogP contribution is -2.35. The molecule has 0 aliphatic heterocycles. The molecule has 0 saturated heterocycles. The lowest BCUT2D eigenvalue weighted by molar-refractivity contribution is -0.154. The highest BCUT2D eigenvalue weighted by Gasteiger charge is 2.33. The van der Waals surface area contributed by atoms with Gasteiger partial charge in [0, 0.05) is 13.1 Å². The number of hydrogen-bond donors (Lipinski definition) is 1. The van der Waals surface area contributed by atoms with Crippen LogP contribution in [0.1, 0.15) is 73.1 Å². The van der Waals surface area contributed by atoms with Crippen LogP contribution in [0.2, 0.25) is 0 Å². The van der Waals surface area contributed by atoms with Crippen LogP contribution in [0.25, 0.3) is 0 Å². The van der Waals surface area contributed by atoms with Crippen molar-refractivity contribution in [2.75, 3.05) is 13.1 Å². The van der Waals surface area contributed by atoms with Gasteiger partial charge in [-0.25, -0.2) is 0 Å². The molecule has 1 fully saturated rings. The predicted molar refractivity (Wildman–Crippen MR) is 83.7 cm³/mol. The van der Waals surface area contributed by atoms with Gasteiger partial charge in [0.25, 0.3) is 0 Å². The number of ether oxygens (including phenoxy) is 1. The summed E-state index contributed by atoms with van der Waals surface area (Å²) < 4.78 is 5.32. The van der Waals surface area contributed by atoms with Crippen LogP contribution in [-0.4, -0.2) is 24.7 Å². The van der Waals surface area contributed by atoms with Gasteiger partial charge in [0.05, 0.1) is 6.42 Å². The molecular weight excluding hydrogens is 250 g/mol. The standard InChI is InChI=1S/C17H33NO2/c1-14(2)12-17(9-6-7-10-17)13-18-11-8-15(19)20-16(3,4)5/h14,18H,6-13H2,1-5H3. The largest absolute Gasteiger partial charge is 0.460 e. The van der Waals surface area contributed by atoms with Gasteiger partial charge >= 0.3 is 5.97 Å². The average molecular weight is 283 g/mol. The quantitative estimate of drug-likeness (QED) is 0.568. The van der Waals surface area contributed by atoms with Crippen LogP contribution in [0.5, 0.6) is 0 Å². The van der Waals surface area contributed by atoms with Crippen molar-refractivity contribution < 1.29 is 9.53 Å². The van der Waals surface area contributed by atoms with Gasteiger partial charge in [-0.05, 0) is 51.4 Å². The summed E-state index contributed by atoms with van der Waals surface area (Å²) in [7, 11) is 0. The number of esters is 1. The molecule has 118 valence electrons. The first kappa shape index (κ1) is 17.5. The molecule has 3 nitrogen and oxygen atoms in total. The van der Waals surface area contributed by atoms with E-state index in [0.717, 1.165) is 19.0 Å². The van der Waals surface area contributed by atoms with Crippen LogP contribution in [0.3, 0.4) is 0 Å². The van der Waals surface area contributed by atoms with E-state index >= 15 is 0 Å². The third kappa shape index (κ3) is 6.74. The number of nitrogens with one attached hydrogen (secondary N) is 1. The van der Waals surface area contributed by atoms with E-state index in [1.807, 2.05) is 20.8 Å². The van der Waals surface area contributed by atoms with Crippen LogP contribution in [0.4, 0.5) is 0 Å². The molecule has 0 spiro atoms. The van der Waals surface area contributed by atoms with Gasteiger partial charge in [0.2, 0.25) is 0 Å². The zero-order chi connectivity index (χ0) is 15.2. The maximum absolute atomic E-state index is 11.7. The first-order chi connectivity index (χ1) is 9.22. The minimum atomic E-state index is -0.374. The molecule has 1 N–H and O–H groups in total. The topological polar surface area (TPSA) is 38.3 Å². The van der Waals surface area contributed by atoms with E-state index in [4.69, 9.17) is 4.74 Å². The Morgan fingerprint density at radius 3 is 2.35 bits per heavy atom. The molecule has 0 radical (unpaired) electrons. The Hall–Kier alpha value is -0.570. The van der Waals surface area contributed by atoms with Gasteiger partial charge in [-0.3, -0.25) is 4.79 Å². The van der Waals surface area contributed by atoms with Gasteiger partial charge in [0.1, 0.15) is 5.60 Å². The van der Waals surface area contributed by atoms with Gasteiger partial charge in [-0.15, -0.1) is 0 Å². The fraction of sp³-hybridized carbons (Fsp3) is 0.941.